The van der Waals surface area contributed by atoms with E-state index in [1.54, 1.807) is 0 Å². The summed E-state index contributed by atoms with van der Waals surface area (Å²) in [7, 11) is 0. The van der Waals surface area contributed by atoms with E-state index in [0.717, 1.165) is 5.56 Å². The van der Waals surface area contributed by atoms with Crippen LogP contribution in [-0.2, 0) is 21.6 Å². The third kappa shape index (κ3) is 3.23. The van der Waals surface area contributed by atoms with E-state index < -0.39 is 0 Å². The van der Waals surface area contributed by atoms with Crippen molar-refractivity contribution < 1.29 is 9.53 Å². The van der Waals surface area contributed by atoms with Crippen LogP contribution in [0.4, 0.5) is 0 Å². The first-order chi connectivity index (χ1) is 7.45. The van der Waals surface area contributed by atoms with Crippen molar-refractivity contribution in [1.82, 2.24) is 0 Å². The molecule has 0 bridgehead atoms. The number of hydrogen-bond acceptors (Lipinski definition) is 2. The summed E-state index contributed by atoms with van der Waals surface area (Å²) in [6.45, 7) is 10.1. The van der Waals surface area contributed by atoms with Crippen LogP contribution in [0.3, 0.4) is 0 Å². The summed E-state index contributed by atoms with van der Waals surface area (Å²) in [6, 6.07) is 8.00. The molecule has 0 amide bonds. The Morgan fingerprint density at radius 2 is 2.00 bits per heavy atom. The summed E-state index contributed by atoms with van der Waals surface area (Å²) in [5.41, 5.74) is 2.30. The van der Waals surface area contributed by atoms with Crippen molar-refractivity contribution in [3.05, 3.63) is 48.0 Å². The Bertz CT molecular complexity index is 386. The van der Waals surface area contributed by atoms with Crippen LogP contribution in [0.25, 0.3) is 0 Å². The maximum absolute atomic E-state index is 11.0. The first-order valence-corrected chi connectivity index (χ1v) is 5.32. The standard InChI is InChI=1S/C14H18O2/c1-5-13(15)16-10-11-8-6-7-9-12(11)14(2,3)4/h5-9H,1,10H2,2-4H3. The van der Waals surface area contributed by atoms with E-state index in [4.69, 9.17) is 4.74 Å². The number of ether oxygens (including phenoxy) is 1. The molecule has 0 spiro atoms. The van der Waals surface area contributed by atoms with Crippen molar-refractivity contribution in [1.29, 1.82) is 0 Å². The van der Waals surface area contributed by atoms with Gasteiger partial charge in [-0.2, -0.15) is 0 Å². The largest absolute Gasteiger partial charge is 0.458 e. The van der Waals surface area contributed by atoms with Crippen molar-refractivity contribution >= 4 is 5.97 Å². The van der Waals surface area contributed by atoms with Gasteiger partial charge in [-0.1, -0.05) is 51.6 Å². The number of rotatable bonds is 3. The third-order valence-electron chi connectivity index (χ3n) is 2.36. The predicted octanol–water partition coefficient (Wildman–Crippen LogP) is 3.21. The fraction of sp³-hybridized carbons (Fsp3) is 0.357. The van der Waals surface area contributed by atoms with E-state index in [-0.39, 0.29) is 11.4 Å². The van der Waals surface area contributed by atoms with Gasteiger partial charge in [0.15, 0.2) is 0 Å². The van der Waals surface area contributed by atoms with Gasteiger partial charge in [0.1, 0.15) is 6.61 Å². The zero-order valence-corrected chi connectivity index (χ0v) is 10.1. The Morgan fingerprint density at radius 3 is 2.56 bits per heavy atom. The van der Waals surface area contributed by atoms with Gasteiger partial charge >= 0.3 is 5.97 Å². The minimum atomic E-state index is -0.385. The van der Waals surface area contributed by atoms with Gasteiger partial charge in [-0.25, -0.2) is 4.79 Å². The van der Waals surface area contributed by atoms with Crippen molar-refractivity contribution in [2.45, 2.75) is 32.8 Å². The Kier molecular flexibility index (Phi) is 3.88. The molecule has 0 N–H and O–H groups in total. The number of carbonyl (C=O) groups is 1. The van der Waals surface area contributed by atoms with E-state index in [1.807, 2.05) is 18.2 Å². The lowest BCUT2D eigenvalue weighted by molar-refractivity contribution is -0.139. The molecule has 0 fully saturated rings. The van der Waals surface area contributed by atoms with Gasteiger partial charge in [0.05, 0.1) is 0 Å². The normalized spacial score (nSPS) is 10.9. The monoisotopic (exact) mass is 218 g/mol. The molecule has 1 aromatic rings. The topological polar surface area (TPSA) is 26.3 Å². The van der Waals surface area contributed by atoms with Crippen LogP contribution in [0, 0.1) is 0 Å². The molecule has 16 heavy (non-hydrogen) atoms. The average molecular weight is 218 g/mol. The van der Waals surface area contributed by atoms with E-state index in [9.17, 15) is 4.79 Å². The van der Waals surface area contributed by atoms with Gasteiger partial charge < -0.3 is 4.74 Å². The van der Waals surface area contributed by atoms with Gasteiger partial charge in [-0.05, 0) is 16.5 Å². The van der Waals surface area contributed by atoms with Crippen LogP contribution in [0.5, 0.6) is 0 Å². The molecular weight excluding hydrogens is 200 g/mol. The second-order valence-corrected chi connectivity index (χ2v) is 4.72. The smallest absolute Gasteiger partial charge is 0.330 e. The van der Waals surface area contributed by atoms with Crippen LogP contribution in [0.15, 0.2) is 36.9 Å². The summed E-state index contributed by atoms with van der Waals surface area (Å²) in [6.07, 6.45) is 1.18. The maximum atomic E-state index is 11.0. The molecule has 0 aliphatic rings. The van der Waals surface area contributed by atoms with Crippen molar-refractivity contribution in [2.24, 2.45) is 0 Å². The predicted molar refractivity (Wildman–Crippen MR) is 65.1 cm³/mol. The summed E-state index contributed by atoms with van der Waals surface area (Å²) < 4.78 is 5.06. The minimum absolute atomic E-state index is 0.0528. The molecule has 2 nitrogen and oxygen atoms in total. The van der Waals surface area contributed by atoms with Crippen LogP contribution < -0.4 is 0 Å². The molecule has 0 saturated heterocycles. The number of esters is 1. The lowest BCUT2D eigenvalue weighted by atomic mass is 9.84. The third-order valence-corrected chi connectivity index (χ3v) is 2.36. The molecule has 0 saturated carbocycles. The van der Waals surface area contributed by atoms with E-state index in [0.29, 0.717) is 6.61 Å². The Balaban J connectivity index is 2.87. The second kappa shape index (κ2) is 4.97. The molecule has 0 unspecified atom stereocenters. The molecular formula is C14H18O2. The van der Waals surface area contributed by atoms with Gasteiger partial charge in [0.2, 0.25) is 0 Å². The lowest BCUT2D eigenvalue weighted by Crippen LogP contribution is -2.15. The van der Waals surface area contributed by atoms with Gasteiger partial charge in [0.25, 0.3) is 0 Å². The quantitative estimate of drug-likeness (QED) is 0.575. The van der Waals surface area contributed by atoms with Crippen LogP contribution in [-0.4, -0.2) is 5.97 Å². The zero-order chi connectivity index (χ0) is 12.2. The fourth-order valence-corrected chi connectivity index (χ4v) is 1.59. The lowest BCUT2D eigenvalue weighted by Gasteiger charge is -2.22. The van der Waals surface area contributed by atoms with Crippen LogP contribution in [0.1, 0.15) is 31.9 Å². The number of hydrogen-bond donors (Lipinski definition) is 0. The summed E-state index contributed by atoms with van der Waals surface area (Å²) >= 11 is 0. The van der Waals surface area contributed by atoms with E-state index in [2.05, 4.69) is 33.4 Å². The molecule has 0 aromatic heterocycles. The van der Waals surface area contributed by atoms with Crippen LogP contribution in [0.2, 0.25) is 0 Å². The van der Waals surface area contributed by atoms with Crippen molar-refractivity contribution in [3.63, 3.8) is 0 Å². The van der Waals surface area contributed by atoms with Gasteiger partial charge in [-0.3, -0.25) is 0 Å². The van der Waals surface area contributed by atoms with Crippen LogP contribution >= 0.6 is 0 Å². The second-order valence-electron chi connectivity index (χ2n) is 4.72. The average Bonchev–Trinajstić information content (AvgIpc) is 2.25. The van der Waals surface area contributed by atoms with E-state index >= 15 is 0 Å². The minimum Gasteiger partial charge on any atom is -0.458 e. The molecule has 0 heterocycles. The molecule has 0 atom stereocenters. The van der Waals surface area contributed by atoms with Gasteiger partial charge in [0, 0.05) is 6.08 Å². The number of benzene rings is 1. The zero-order valence-electron chi connectivity index (χ0n) is 10.1. The van der Waals surface area contributed by atoms with E-state index in [1.165, 1.54) is 11.6 Å². The highest BCUT2D eigenvalue weighted by atomic mass is 16.5. The molecule has 0 aliphatic carbocycles. The molecule has 1 aromatic carbocycles. The summed E-state index contributed by atoms with van der Waals surface area (Å²) in [4.78, 5) is 11.0. The highest BCUT2D eigenvalue weighted by molar-refractivity contribution is 5.81. The van der Waals surface area contributed by atoms with Crippen molar-refractivity contribution in [3.8, 4) is 0 Å². The fourth-order valence-electron chi connectivity index (χ4n) is 1.59. The van der Waals surface area contributed by atoms with Gasteiger partial charge in [-0.15, -0.1) is 0 Å². The first kappa shape index (κ1) is 12.5. The number of carbonyl (C=O) groups excluding carboxylic acids is 1. The Labute approximate surface area is 96.9 Å². The highest BCUT2D eigenvalue weighted by Gasteiger charge is 2.17. The molecule has 86 valence electrons. The summed E-state index contributed by atoms with van der Waals surface area (Å²) in [5.74, 6) is -0.385. The molecule has 0 aliphatic heterocycles. The summed E-state index contributed by atoms with van der Waals surface area (Å²) in [5, 5.41) is 0. The highest BCUT2D eigenvalue weighted by Crippen LogP contribution is 2.26. The van der Waals surface area contributed by atoms with Crippen molar-refractivity contribution in [2.75, 3.05) is 0 Å². The Morgan fingerprint density at radius 1 is 1.38 bits per heavy atom. The molecule has 0 radical (unpaired) electrons. The first-order valence-electron chi connectivity index (χ1n) is 5.32. The molecule has 2 heteroatoms. The molecule has 1 rings (SSSR count). The Hall–Kier alpha value is -1.57. The maximum Gasteiger partial charge on any atom is 0.330 e. The SMILES string of the molecule is C=CC(=O)OCc1ccccc1C(C)(C)C.